The molecular formula is C22H23NO3. The summed E-state index contributed by atoms with van der Waals surface area (Å²) in [5, 5.41) is 11.9. The molecule has 0 spiro atoms. The quantitative estimate of drug-likeness (QED) is 0.923. The first-order chi connectivity index (χ1) is 12.6. The summed E-state index contributed by atoms with van der Waals surface area (Å²) in [6.45, 7) is 0.635. The molecule has 1 saturated carbocycles. The fraction of sp³-hybridized carbons (Fsp3) is 0.364. The van der Waals surface area contributed by atoms with E-state index in [1.807, 2.05) is 65.6 Å². The van der Waals surface area contributed by atoms with Gasteiger partial charge in [-0.25, -0.2) is 0 Å². The van der Waals surface area contributed by atoms with Crippen LogP contribution in [-0.4, -0.2) is 34.3 Å². The van der Waals surface area contributed by atoms with E-state index in [-0.39, 0.29) is 23.7 Å². The zero-order chi connectivity index (χ0) is 18.1. The second-order valence-corrected chi connectivity index (χ2v) is 7.33. The fourth-order valence-electron chi connectivity index (χ4n) is 4.30. The van der Waals surface area contributed by atoms with E-state index in [9.17, 15) is 14.7 Å². The van der Waals surface area contributed by atoms with E-state index in [0.29, 0.717) is 19.4 Å². The van der Waals surface area contributed by atoms with Crippen molar-refractivity contribution in [3.8, 4) is 0 Å². The predicted molar refractivity (Wildman–Crippen MR) is 98.3 cm³/mol. The van der Waals surface area contributed by atoms with Crippen molar-refractivity contribution in [2.24, 2.45) is 5.92 Å². The molecule has 1 aliphatic heterocycles. The lowest BCUT2D eigenvalue weighted by Crippen LogP contribution is -2.53. The van der Waals surface area contributed by atoms with Gasteiger partial charge in [-0.05, 0) is 24.0 Å². The van der Waals surface area contributed by atoms with E-state index >= 15 is 0 Å². The Bertz CT molecular complexity index is 755. The van der Waals surface area contributed by atoms with Crippen LogP contribution in [0.3, 0.4) is 0 Å². The van der Waals surface area contributed by atoms with E-state index in [1.54, 1.807) is 0 Å². The van der Waals surface area contributed by atoms with Gasteiger partial charge in [-0.15, -0.1) is 0 Å². The lowest BCUT2D eigenvalue weighted by atomic mass is 9.77. The third-order valence-electron chi connectivity index (χ3n) is 5.74. The van der Waals surface area contributed by atoms with Gasteiger partial charge in [0.1, 0.15) is 11.4 Å². The first-order valence-electron chi connectivity index (χ1n) is 9.26. The first-order valence-corrected chi connectivity index (χ1v) is 9.26. The highest BCUT2D eigenvalue weighted by atomic mass is 16.3. The molecule has 134 valence electrons. The summed E-state index contributed by atoms with van der Waals surface area (Å²) in [6.07, 6.45) is 2.29. The highest BCUT2D eigenvalue weighted by Gasteiger charge is 2.49. The van der Waals surface area contributed by atoms with Gasteiger partial charge in [-0.3, -0.25) is 9.59 Å². The molecule has 26 heavy (non-hydrogen) atoms. The molecular weight excluding hydrogens is 326 g/mol. The van der Waals surface area contributed by atoms with Crippen molar-refractivity contribution in [1.82, 2.24) is 4.90 Å². The third-order valence-corrected chi connectivity index (χ3v) is 5.74. The van der Waals surface area contributed by atoms with Gasteiger partial charge in [-0.2, -0.15) is 0 Å². The van der Waals surface area contributed by atoms with Crippen molar-refractivity contribution in [2.75, 3.05) is 6.54 Å². The molecule has 2 fully saturated rings. The summed E-state index contributed by atoms with van der Waals surface area (Å²) in [4.78, 5) is 26.1. The van der Waals surface area contributed by atoms with Crippen molar-refractivity contribution in [1.29, 1.82) is 0 Å². The average molecular weight is 349 g/mol. The molecule has 4 nitrogen and oxygen atoms in total. The summed E-state index contributed by atoms with van der Waals surface area (Å²) in [5.74, 6) is -0.0447. The normalized spacial score (nSPS) is 20.9. The molecule has 2 aromatic carbocycles. The summed E-state index contributed by atoms with van der Waals surface area (Å²) in [6, 6.07) is 18.8. The lowest BCUT2D eigenvalue weighted by molar-refractivity contribution is -0.149. The molecule has 4 rings (SSSR count). The lowest BCUT2D eigenvalue weighted by Gasteiger charge is -2.42. The second-order valence-electron chi connectivity index (χ2n) is 7.33. The SMILES string of the molecule is O=C1CC(C(=O)N2CCC[C@@H]2C(O)(c2ccccc2)c2ccccc2)C1. The van der Waals surface area contributed by atoms with Gasteiger partial charge in [-0.1, -0.05) is 60.7 Å². The Morgan fingerprint density at radius 3 is 2.00 bits per heavy atom. The minimum atomic E-state index is -1.26. The van der Waals surface area contributed by atoms with Crippen LogP contribution < -0.4 is 0 Å². The molecule has 2 aliphatic rings. The third kappa shape index (κ3) is 2.74. The largest absolute Gasteiger partial charge is 0.378 e. The van der Waals surface area contributed by atoms with E-state index < -0.39 is 5.60 Å². The monoisotopic (exact) mass is 349 g/mol. The summed E-state index contributed by atoms with van der Waals surface area (Å²) < 4.78 is 0. The molecule has 2 aromatic rings. The molecule has 1 heterocycles. The first kappa shape index (κ1) is 17.0. The number of ketones is 1. The van der Waals surface area contributed by atoms with E-state index in [0.717, 1.165) is 24.0 Å². The molecule has 0 unspecified atom stereocenters. The topological polar surface area (TPSA) is 57.6 Å². The summed E-state index contributed by atoms with van der Waals surface area (Å²) in [5.41, 5.74) is 0.323. The maximum Gasteiger partial charge on any atom is 0.226 e. The van der Waals surface area contributed by atoms with Crippen molar-refractivity contribution < 1.29 is 14.7 Å². The van der Waals surface area contributed by atoms with Crippen LogP contribution in [0.15, 0.2) is 60.7 Å². The highest BCUT2D eigenvalue weighted by molar-refractivity contribution is 5.96. The van der Waals surface area contributed by atoms with Crippen LogP contribution in [0.5, 0.6) is 0 Å². The minimum Gasteiger partial charge on any atom is -0.378 e. The summed E-state index contributed by atoms with van der Waals surface area (Å²) in [7, 11) is 0. The van der Waals surface area contributed by atoms with E-state index in [2.05, 4.69) is 0 Å². The average Bonchev–Trinajstić information content (AvgIpc) is 3.16. The van der Waals surface area contributed by atoms with Crippen LogP contribution in [0.4, 0.5) is 0 Å². The maximum atomic E-state index is 13.0. The summed E-state index contributed by atoms with van der Waals surface area (Å²) >= 11 is 0. The van der Waals surface area contributed by atoms with Gasteiger partial charge in [0, 0.05) is 19.4 Å². The van der Waals surface area contributed by atoms with Crippen molar-refractivity contribution in [3.63, 3.8) is 0 Å². The smallest absolute Gasteiger partial charge is 0.226 e. The number of amides is 1. The zero-order valence-electron chi connectivity index (χ0n) is 14.7. The Balaban J connectivity index is 1.74. The van der Waals surface area contributed by atoms with E-state index in [4.69, 9.17) is 0 Å². The van der Waals surface area contributed by atoms with Crippen molar-refractivity contribution >= 4 is 11.7 Å². The zero-order valence-corrected chi connectivity index (χ0v) is 14.7. The van der Waals surface area contributed by atoms with Gasteiger partial charge >= 0.3 is 0 Å². The molecule has 0 bridgehead atoms. The Labute approximate surface area is 153 Å². The van der Waals surface area contributed by atoms with Crippen LogP contribution in [-0.2, 0) is 15.2 Å². The number of rotatable bonds is 4. The molecule has 1 aliphatic carbocycles. The van der Waals surface area contributed by atoms with Gasteiger partial charge in [0.25, 0.3) is 0 Å². The Hall–Kier alpha value is -2.46. The van der Waals surface area contributed by atoms with Gasteiger partial charge < -0.3 is 10.0 Å². The molecule has 0 aromatic heterocycles. The number of likely N-dealkylation sites (tertiary alicyclic amines) is 1. The van der Waals surface area contributed by atoms with E-state index in [1.165, 1.54) is 0 Å². The standard InChI is InChI=1S/C22H23NO3/c24-19-14-16(15-19)21(25)23-13-7-12-20(23)22(26,17-8-3-1-4-9-17)18-10-5-2-6-11-18/h1-6,8-11,16,20,26H,7,12-15H2/t20-/m1/s1. The number of benzene rings is 2. The maximum absolute atomic E-state index is 13.0. The Kier molecular flexibility index (Phi) is 4.37. The predicted octanol–water partition coefficient (Wildman–Crippen LogP) is 2.89. The van der Waals surface area contributed by atoms with Crippen LogP contribution in [0.25, 0.3) is 0 Å². The van der Waals surface area contributed by atoms with Gasteiger partial charge in [0.05, 0.1) is 12.0 Å². The van der Waals surface area contributed by atoms with Crippen LogP contribution >= 0.6 is 0 Å². The molecule has 1 atom stereocenters. The Morgan fingerprint density at radius 1 is 0.962 bits per heavy atom. The minimum absolute atomic E-state index is 0.0115. The van der Waals surface area contributed by atoms with Crippen molar-refractivity contribution in [3.05, 3.63) is 71.8 Å². The van der Waals surface area contributed by atoms with Crippen molar-refractivity contribution in [2.45, 2.75) is 37.3 Å². The van der Waals surface area contributed by atoms with Crippen LogP contribution in [0.1, 0.15) is 36.8 Å². The molecule has 1 N–H and O–H groups in total. The number of Topliss-reactive ketones (excluding diaryl/α,β-unsaturated/α-hetero) is 1. The van der Waals surface area contributed by atoms with Crippen LogP contribution in [0, 0.1) is 5.92 Å². The number of hydrogen-bond donors (Lipinski definition) is 1. The molecule has 1 amide bonds. The highest BCUT2D eigenvalue weighted by Crippen LogP contribution is 2.41. The number of carbonyl (C=O) groups excluding carboxylic acids is 2. The fourth-order valence-corrected chi connectivity index (χ4v) is 4.30. The number of aliphatic hydroxyl groups is 1. The number of nitrogens with zero attached hydrogens (tertiary/aromatic N) is 1. The second kappa shape index (κ2) is 6.69. The molecule has 0 radical (unpaired) electrons. The molecule has 1 saturated heterocycles. The Morgan fingerprint density at radius 2 is 1.50 bits per heavy atom. The number of carbonyl (C=O) groups is 2. The van der Waals surface area contributed by atoms with Gasteiger partial charge in [0.15, 0.2) is 0 Å². The van der Waals surface area contributed by atoms with Gasteiger partial charge in [0.2, 0.25) is 5.91 Å². The molecule has 4 heteroatoms. The van der Waals surface area contributed by atoms with Crippen LogP contribution in [0.2, 0.25) is 0 Å². The number of hydrogen-bond acceptors (Lipinski definition) is 3.